The number of nitrogens with one attached hydrogen (secondary N) is 1. The molecule has 7 heteroatoms. The molecule has 2 unspecified atom stereocenters. The van der Waals surface area contributed by atoms with Gasteiger partial charge < -0.3 is 16.2 Å². The highest BCUT2D eigenvalue weighted by molar-refractivity contribution is 5.87. The quantitative estimate of drug-likeness (QED) is 0.676. The third kappa shape index (κ3) is 3.08. The van der Waals surface area contributed by atoms with Crippen LogP contribution in [0, 0.1) is 0 Å². The number of nitrogens with two attached hydrogens (primary N) is 1. The van der Waals surface area contributed by atoms with Crippen LogP contribution < -0.4 is 11.1 Å². The van der Waals surface area contributed by atoms with Crippen LogP contribution in [0.15, 0.2) is 0 Å². The van der Waals surface area contributed by atoms with Gasteiger partial charge in [-0.2, -0.15) is 13.2 Å². The molecule has 1 amide bonds. The molecule has 2 atom stereocenters. The molecule has 4 nitrogen and oxygen atoms in total. The monoisotopic (exact) mass is 242 g/mol. The van der Waals surface area contributed by atoms with Gasteiger partial charge in [0.1, 0.15) is 0 Å². The van der Waals surface area contributed by atoms with Crippen LogP contribution in [0.5, 0.6) is 0 Å². The Balaban J connectivity index is 4.86. The first kappa shape index (κ1) is 15.2. The highest BCUT2D eigenvalue weighted by Crippen LogP contribution is 2.28. The van der Waals surface area contributed by atoms with Crippen LogP contribution in [-0.2, 0) is 4.79 Å². The molecule has 0 aromatic carbocycles. The van der Waals surface area contributed by atoms with Gasteiger partial charge in [-0.15, -0.1) is 0 Å². The molecule has 0 aliphatic heterocycles. The number of halogens is 3. The Morgan fingerprint density at radius 1 is 1.31 bits per heavy atom. The number of hydrogen-bond acceptors (Lipinski definition) is 3. The fourth-order valence-corrected chi connectivity index (χ4v) is 0.656. The number of alkyl halides is 3. The number of hydrogen-bond donors (Lipinski definition) is 3. The van der Waals surface area contributed by atoms with E-state index in [0.29, 0.717) is 6.92 Å². The first-order valence-electron chi connectivity index (χ1n) is 4.68. The molecular weight excluding hydrogens is 225 g/mol. The van der Waals surface area contributed by atoms with Gasteiger partial charge in [-0.1, -0.05) is 0 Å². The zero-order valence-corrected chi connectivity index (χ0v) is 9.64. The summed E-state index contributed by atoms with van der Waals surface area (Å²) in [5.74, 6) is -1.37. The number of rotatable bonds is 3. The first-order chi connectivity index (χ1) is 6.82. The van der Waals surface area contributed by atoms with E-state index in [4.69, 9.17) is 5.73 Å². The minimum absolute atomic E-state index is 0.584. The molecule has 0 aromatic heterocycles. The Morgan fingerprint density at radius 2 is 1.69 bits per heavy atom. The average Bonchev–Trinajstić information content (AvgIpc) is 2.00. The Morgan fingerprint density at radius 3 is 1.94 bits per heavy atom. The Labute approximate surface area is 92.0 Å². The van der Waals surface area contributed by atoms with Crippen molar-refractivity contribution in [1.29, 1.82) is 0 Å². The fourth-order valence-electron chi connectivity index (χ4n) is 0.656. The summed E-state index contributed by atoms with van der Waals surface area (Å²) in [7, 11) is 0. The maximum atomic E-state index is 12.4. The molecular formula is C9H17F3N2O2. The Bertz CT molecular complexity index is 272. The predicted octanol–water partition coefficient (Wildman–Crippen LogP) is 0.542. The van der Waals surface area contributed by atoms with E-state index in [-0.39, 0.29) is 0 Å². The molecule has 0 fully saturated rings. The minimum Gasteiger partial charge on any atom is -0.391 e. The average molecular weight is 242 g/mol. The summed E-state index contributed by atoms with van der Waals surface area (Å²) in [6.45, 7) is 4.76. The summed E-state index contributed by atoms with van der Waals surface area (Å²) < 4.78 is 37.2. The summed E-state index contributed by atoms with van der Waals surface area (Å²) in [4.78, 5) is 11.4. The van der Waals surface area contributed by atoms with Gasteiger partial charge in [0, 0.05) is 0 Å². The predicted molar refractivity (Wildman–Crippen MR) is 52.5 cm³/mol. The van der Waals surface area contributed by atoms with Crippen LogP contribution >= 0.6 is 0 Å². The lowest BCUT2D eigenvalue weighted by Gasteiger charge is -2.34. The lowest BCUT2D eigenvalue weighted by Crippen LogP contribution is -2.65. The van der Waals surface area contributed by atoms with Crippen molar-refractivity contribution in [3.63, 3.8) is 0 Å². The lowest BCUT2D eigenvalue weighted by molar-refractivity contribution is -0.188. The zero-order chi connectivity index (χ0) is 13.4. The largest absolute Gasteiger partial charge is 0.415 e. The Kier molecular flexibility index (Phi) is 4.00. The highest BCUT2D eigenvalue weighted by Gasteiger charge is 2.54. The minimum atomic E-state index is -4.84. The second kappa shape index (κ2) is 4.21. The number of carbonyl (C=O) groups is 1. The molecule has 0 aliphatic carbocycles. The van der Waals surface area contributed by atoms with E-state index in [1.165, 1.54) is 20.8 Å². The summed E-state index contributed by atoms with van der Waals surface area (Å²) in [5.41, 5.74) is 0.775. The maximum absolute atomic E-state index is 12.4. The maximum Gasteiger partial charge on any atom is 0.415 e. The van der Waals surface area contributed by atoms with Gasteiger partial charge in [-0.25, -0.2) is 0 Å². The fraction of sp³-hybridized carbons (Fsp3) is 0.889. The normalized spacial score (nSPS) is 18.8. The first-order valence-corrected chi connectivity index (χ1v) is 4.68. The second-order valence-electron chi connectivity index (χ2n) is 4.55. The molecule has 4 N–H and O–H groups in total. The van der Waals surface area contributed by atoms with E-state index < -0.39 is 29.3 Å². The van der Waals surface area contributed by atoms with Gasteiger partial charge in [0.2, 0.25) is 5.91 Å². The SMILES string of the molecule is CC(O)C(C)(C)NC(=O)C(C)(N)C(F)(F)F. The van der Waals surface area contributed by atoms with Crippen LogP contribution in [-0.4, -0.2) is 34.4 Å². The molecule has 96 valence electrons. The second-order valence-corrected chi connectivity index (χ2v) is 4.55. The molecule has 16 heavy (non-hydrogen) atoms. The third-order valence-corrected chi connectivity index (χ3v) is 2.54. The van der Waals surface area contributed by atoms with Gasteiger partial charge in [-0.05, 0) is 27.7 Å². The van der Waals surface area contributed by atoms with Gasteiger partial charge in [0.15, 0.2) is 5.54 Å². The number of carbonyl (C=O) groups excluding carboxylic acids is 1. The molecule has 0 saturated carbocycles. The van der Waals surface area contributed by atoms with Crippen molar-refractivity contribution in [2.75, 3.05) is 0 Å². The summed E-state index contributed by atoms with van der Waals surface area (Å²) in [5, 5.41) is 11.3. The molecule has 0 saturated heterocycles. The molecule has 0 spiro atoms. The summed E-state index contributed by atoms with van der Waals surface area (Å²) in [6.07, 6.45) is -5.84. The topological polar surface area (TPSA) is 75.3 Å². The van der Waals surface area contributed by atoms with Gasteiger partial charge in [-0.3, -0.25) is 4.79 Å². The molecule has 0 radical (unpaired) electrons. The highest BCUT2D eigenvalue weighted by atomic mass is 19.4. The van der Waals surface area contributed by atoms with E-state index in [9.17, 15) is 23.1 Å². The van der Waals surface area contributed by atoms with Crippen molar-refractivity contribution < 1.29 is 23.1 Å². The van der Waals surface area contributed by atoms with E-state index in [1.54, 1.807) is 0 Å². The number of aliphatic hydroxyl groups is 1. The van der Waals surface area contributed by atoms with Crippen molar-refractivity contribution >= 4 is 5.91 Å². The van der Waals surface area contributed by atoms with E-state index in [0.717, 1.165) is 0 Å². The van der Waals surface area contributed by atoms with Gasteiger partial charge in [0.25, 0.3) is 0 Å². The van der Waals surface area contributed by atoms with Crippen LogP contribution in [0.1, 0.15) is 27.7 Å². The van der Waals surface area contributed by atoms with Crippen molar-refractivity contribution in [2.24, 2.45) is 5.73 Å². The Hall–Kier alpha value is -0.820. The number of aliphatic hydroxyl groups excluding tert-OH is 1. The molecule has 0 bridgehead atoms. The molecule has 0 aromatic rings. The lowest BCUT2D eigenvalue weighted by atomic mass is 9.95. The zero-order valence-electron chi connectivity index (χ0n) is 9.64. The van der Waals surface area contributed by atoms with Gasteiger partial charge in [0.05, 0.1) is 11.6 Å². The number of amides is 1. The van der Waals surface area contributed by atoms with Crippen molar-refractivity contribution in [2.45, 2.75) is 51.1 Å². The van der Waals surface area contributed by atoms with Crippen LogP contribution in [0.25, 0.3) is 0 Å². The van der Waals surface area contributed by atoms with E-state index in [1.807, 2.05) is 0 Å². The third-order valence-electron chi connectivity index (χ3n) is 2.54. The van der Waals surface area contributed by atoms with Crippen molar-refractivity contribution in [1.82, 2.24) is 5.32 Å². The standard InChI is InChI=1S/C9H17F3N2O2/c1-5(15)7(2,3)14-6(16)8(4,13)9(10,11)12/h5,15H,13H2,1-4H3,(H,14,16). The summed E-state index contributed by atoms with van der Waals surface area (Å²) >= 11 is 0. The molecule has 0 rings (SSSR count). The van der Waals surface area contributed by atoms with E-state index >= 15 is 0 Å². The summed E-state index contributed by atoms with van der Waals surface area (Å²) in [6, 6.07) is 0. The van der Waals surface area contributed by atoms with Gasteiger partial charge >= 0.3 is 6.18 Å². The van der Waals surface area contributed by atoms with Crippen LogP contribution in [0.3, 0.4) is 0 Å². The van der Waals surface area contributed by atoms with Crippen LogP contribution in [0.4, 0.5) is 13.2 Å². The smallest absolute Gasteiger partial charge is 0.391 e. The molecule has 0 aliphatic rings. The van der Waals surface area contributed by atoms with Crippen molar-refractivity contribution in [3.8, 4) is 0 Å². The van der Waals surface area contributed by atoms with E-state index in [2.05, 4.69) is 5.32 Å². The van der Waals surface area contributed by atoms with Crippen molar-refractivity contribution in [3.05, 3.63) is 0 Å². The van der Waals surface area contributed by atoms with Crippen LogP contribution in [0.2, 0.25) is 0 Å². The molecule has 0 heterocycles.